The zero-order valence-electron chi connectivity index (χ0n) is 22.6. The Hall–Kier alpha value is -3.92. The lowest BCUT2D eigenvalue weighted by atomic mass is 9.95. The molecule has 3 aromatic carbocycles. The van der Waals surface area contributed by atoms with Gasteiger partial charge >= 0.3 is 6.09 Å². The summed E-state index contributed by atoms with van der Waals surface area (Å²) in [5.74, 6) is -0.306. The number of guanidine groups is 1. The summed E-state index contributed by atoms with van der Waals surface area (Å²) in [4.78, 5) is 21.4. The van der Waals surface area contributed by atoms with E-state index in [0.29, 0.717) is 15.7 Å². The van der Waals surface area contributed by atoms with Crippen LogP contribution < -0.4 is 10.0 Å². The number of hydrogen-bond acceptors (Lipinski definition) is 6. The molecule has 11 heteroatoms. The molecule has 0 radical (unpaired) electrons. The van der Waals surface area contributed by atoms with Crippen LogP contribution in [0.4, 0.5) is 4.79 Å². The smallest absolute Gasteiger partial charge is 0.414 e. The van der Waals surface area contributed by atoms with Gasteiger partial charge in [0.15, 0.2) is 0 Å². The third kappa shape index (κ3) is 8.53. The van der Waals surface area contributed by atoms with Gasteiger partial charge in [0.05, 0.1) is 17.1 Å². The minimum atomic E-state index is -4.05. The molecule has 0 spiro atoms. The van der Waals surface area contributed by atoms with Gasteiger partial charge < -0.3 is 4.74 Å². The quantitative estimate of drug-likeness (QED) is 0.179. The van der Waals surface area contributed by atoms with Crippen LogP contribution in [-0.4, -0.2) is 31.1 Å². The van der Waals surface area contributed by atoms with Crippen molar-refractivity contribution >= 4 is 45.3 Å². The highest BCUT2D eigenvalue weighted by Gasteiger charge is 2.21. The number of sulfonamides is 1. The van der Waals surface area contributed by atoms with E-state index >= 15 is 0 Å². The molecular weight excluding hydrogens is 583 g/mol. The Kier molecular flexibility index (Phi) is 9.32. The zero-order valence-corrected chi connectivity index (χ0v) is 24.9. The van der Waals surface area contributed by atoms with Crippen molar-refractivity contribution in [2.75, 3.05) is 0 Å². The van der Waals surface area contributed by atoms with Gasteiger partial charge in [-0.2, -0.15) is 0 Å². The zero-order chi connectivity index (χ0) is 29.6. The Morgan fingerprint density at radius 3 is 2.00 bits per heavy atom. The third-order valence-corrected chi connectivity index (χ3v) is 7.43. The van der Waals surface area contributed by atoms with Crippen LogP contribution >= 0.6 is 23.2 Å². The second-order valence-corrected chi connectivity index (χ2v) is 12.5. The number of halogens is 2. The molecule has 0 aliphatic carbocycles. The van der Waals surface area contributed by atoms with Crippen LogP contribution in [0, 0.1) is 0 Å². The Morgan fingerprint density at radius 2 is 1.44 bits per heavy atom. The summed E-state index contributed by atoms with van der Waals surface area (Å²) < 4.78 is 33.6. The number of nitrogens with one attached hydrogen (secondary N) is 2. The first-order valence-electron chi connectivity index (χ1n) is 12.5. The molecule has 1 amide bonds. The summed E-state index contributed by atoms with van der Waals surface area (Å²) >= 11 is 12.2. The predicted molar refractivity (Wildman–Crippen MR) is 162 cm³/mol. The van der Waals surface area contributed by atoms with E-state index in [2.05, 4.69) is 20.0 Å². The van der Waals surface area contributed by atoms with Crippen LogP contribution in [0.5, 0.6) is 0 Å². The molecule has 0 aliphatic rings. The summed E-state index contributed by atoms with van der Waals surface area (Å²) in [7, 11) is -4.05. The minimum absolute atomic E-state index is 0.00848. The van der Waals surface area contributed by atoms with E-state index in [1.807, 2.05) is 30.3 Å². The van der Waals surface area contributed by atoms with Gasteiger partial charge in [-0.25, -0.2) is 22.9 Å². The van der Waals surface area contributed by atoms with Crippen molar-refractivity contribution in [1.29, 1.82) is 0 Å². The number of pyridine rings is 1. The fourth-order valence-electron chi connectivity index (χ4n) is 3.76. The lowest BCUT2D eigenvalue weighted by Gasteiger charge is -2.20. The molecule has 0 saturated heterocycles. The van der Waals surface area contributed by atoms with E-state index < -0.39 is 21.7 Å². The molecule has 212 valence electrons. The number of carbonyl (C=O) groups excluding carboxylic acids is 1. The number of amides is 1. The van der Waals surface area contributed by atoms with Gasteiger partial charge in [-0.15, -0.1) is 0 Å². The lowest BCUT2D eigenvalue weighted by Crippen LogP contribution is -2.45. The molecule has 0 fully saturated rings. The Morgan fingerprint density at radius 1 is 0.878 bits per heavy atom. The molecule has 41 heavy (non-hydrogen) atoms. The van der Waals surface area contributed by atoms with Gasteiger partial charge in [0, 0.05) is 21.8 Å². The summed E-state index contributed by atoms with van der Waals surface area (Å²) in [5, 5.41) is 3.62. The maximum atomic E-state index is 13.0. The normalized spacial score (nSPS) is 12.1. The molecule has 4 aromatic rings. The topological polar surface area (TPSA) is 110 Å². The van der Waals surface area contributed by atoms with Crippen LogP contribution in [-0.2, 0) is 21.3 Å². The highest BCUT2D eigenvalue weighted by atomic mass is 35.5. The van der Waals surface area contributed by atoms with Crippen LogP contribution in [0.1, 0.15) is 26.5 Å². The summed E-state index contributed by atoms with van der Waals surface area (Å²) in [6.45, 7) is 5.04. The molecular formula is C30H28Cl2N4O4S. The Bertz CT molecular complexity index is 1650. The second-order valence-electron chi connectivity index (χ2n) is 9.95. The van der Waals surface area contributed by atoms with Crippen molar-refractivity contribution in [2.45, 2.75) is 37.8 Å². The molecule has 0 atom stereocenters. The fraction of sp³-hybridized carbons (Fsp3) is 0.167. The number of carbonyl (C=O) groups is 1. The summed E-state index contributed by atoms with van der Waals surface area (Å²) in [5.41, 5.74) is 3.23. The first-order chi connectivity index (χ1) is 19.4. The Labute approximate surface area is 249 Å². The molecule has 0 unspecified atom stereocenters. The van der Waals surface area contributed by atoms with Gasteiger partial charge in [0.25, 0.3) is 10.0 Å². The number of ether oxygens (including phenoxy) is 1. The highest BCUT2D eigenvalue weighted by Crippen LogP contribution is 2.33. The van der Waals surface area contributed by atoms with Crippen LogP contribution in [0.2, 0.25) is 10.0 Å². The first-order valence-corrected chi connectivity index (χ1v) is 14.8. The maximum absolute atomic E-state index is 13.0. The second kappa shape index (κ2) is 12.7. The molecule has 0 aliphatic heterocycles. The standard InChI is InChI=1S/C30H28Cl2N4O4S/c1-30(2,3)40-29(37)35-28(36-41(38,39)25-7-5-4-6-8-25)34-18-24-17-26(20-9-13-22(31)14-10-20)27(19-33-24)21-11-15-23(32)16-12-21/h4-17,19H,18H2,1-3H3,(H2,34,35,36,37). The van der Waals surface area contributed by atoms with Gasteiger partial charge in [-0.3, -0.25) is 10.3 Å². The van der Waals surface area contributed by atoms with E-state index in [1.54, 1.807) is 69.4 Å². The van der Waals surface area contributed by atoms with E-state index in [1.165, 1.54) is 12.1 Å². The average Bonchev–Trinajstić information content (AvgIpc) is 2.92. The molecule has 4 rings (SSSR count). The van der Waals surface area contributed by atoms with Gasteiger partial charge in [-0.1, -0.05) is 65.7 Å². The van der Waals surface area contributed by atoms with Crippen molar-refractivity contribution in [3.05, 3.63) is 107 Å². The fourth-order valence-corrected chi connectivity index (χ4v) is 5.01. The monoisotopic (exact) mass is 610 g/mol. The van der Waals surface area contributed by atoms with E-state index in [0.717, 1.165) is 22.3 Å². The van der Waals surface area contributed by atoms with Gasteiger partial charge in [0.1, 0.15) is 5.60 Å². The van der Waals surface area contributed by atoms with E-state index in [9.17, 15) is 13.2 Å². The minimum Gasteiger partial charge on any atom is -0.444 e. The van der Waals surface area contributed by atoms with E-state index in [4.69, 9.17) is 27.9 Å². The number of aromatic nitrogens is 1. The van der Waals surface area contributed by atoms with Crippen LogP contribution in [0.3, 0.4) is 0 Å². The average molecular weight is 612 g/mol. The molecule has 2 N–H and O–H groups in total. The first kappa shape index (κ1) is 30.0. The number of benzene rings is 3. The van der Waals surface area contributed by atoms with Crippen molar-refractivity contribution in [1.82, 2.24) is 15.0 Å². The molecule has 0 saturated carbocycles. The third-order valence-electron chi connectivity index (χ3n) is 5.57. The van der Waals surface area contributed by atoms with Crippen molar-refractivity contribution in [3.63, 3.8) is 0 Å². The largest absolute Gasteiger partial charge is 0.444 e. The number of hydrogen-bond donors (Lipinski definition) is 2. The molecule has 1 aromatic heterocycles. The van der Waals surface area contributed by atoms with Crippen LogP contribution in [0.25, 0.3) is 22.3 Å². The van der Waals surface area contributed by atoms with Crippen molar-refractivity contribution < 1.29 is 17.9 Å². The predicted octanol–water partition coefficient (Wildman–Crippen LogP) is 7.08. The molecule has 0 bridgehead atoms. The summed E-state index contributed by atoms with van der Waals surface area (Å²) in [6, 6.07) is 24.4. The van der Waals surface area contributed by atoms with Crippen molar-refractivity contribution in [2.24, 2.45) is 4.99 Å². The SMILES string of the molecule is CC(C)(C)OC(=O)NC(=NCc1cc(-c2ccc(Cl)cc2)c(-c2ccc(Cl)cc2)cn1)NS(=O)(=O)c1ccccc1. The number of alkyl carbamates (subject to hydrolysis) is 1. The molecule has 8 nitrogen and oxygen atoms in total. The number of aliphatic imine (C=N–C) groups is 1. The number of rotatable bonds is 6. The number of nitrogens with zero attached hydrogens (tertiary/aromatic N) is 2. The van der Waals surface area contributed by atoms with Gasteiger partial charge in [0.2, 0.25) is 5.96 Å². The van der Waals surface area contributed by atoms with Crippen molar-refractivity contribution in [3.8, 4) is 22.3 Å². The van der Waals surface area contributed by atoms with Crippen LogP contribution in [0.15, 0.2) is 101 Å². The maximum Gasteiger partial charge on any atom is 0.414 e. The van der Waals surface area contributed by atoms with E-state index in [-0.39, 0.29) is 17.4 Å². The highest BCUT2D eigenvalue weighted by molar-refractivity contribution is 7.90. The Balaban J connectivity index is 1.70. The molecule has 1 heterocycles. The van der Waals surface area contributed by atoms with Gasteiger partial charge in [-0.05, 0) is 79.9 Å². The lowest BCUT2D eigenvalue weighted by molar-refractivity contribution is 0.0562. The summed E-state index contributed by atoms with van der Waals surface area (Å²) in [6.07, 6.45) is 0.854.